The molecular weight excluding hydrogens is 144 g/mol. The summed E-state index contributed by atoms with van der Waals surface area (Å²) in [5, 5.41) is 6.90. The molecule has 0 amide bonds. The number of rotatable bonds is 3. The first-order chi connectivity index (χ1) is 5.07. The number of carbonyl (C=O) groups excluding carboxylic acids is 1. The average Bonchev–Trinajstić information content (AvgIpc) is 1.87. The Morgan fingerprint density at radius 3 is 2.18 bits per heavy atom. The molecular formula is C6H12N4O. The molecule has 0 saturated carbocycles. The fourth-order valence-electron chi connectivity index (χ4n) is 0.508. The molecule has 0 unspecified atom stereocenters. The number of Topliss-reactive ketones (excluding diaryl/α,β-unsaturated/α-hetero) is 1. The Labute approximate surface area is 65.2 Å². The van der Waals surface area contributed by atoms with Crippen molar-refractivity contribution in [2.45, 2.75) is 20.3 Å². The molecule has 0 aromatic rings. The van der Waals surface area contributed by atoms with Gasteiger partial charge in [0.05, 0.1) is 0 Å². The molecule has 0 heterocycles. The molecule has 0 atom stereocenters. The van der Waals surface area contributed by atoms with E-state index in [-0.39, 0.29) is 11.7 Å². The van der Waals surface area contributed by atoms with Crippen molar-refractivity contribution >= 4 is 17.5 Å². The van der Waals surface area contributed by atoms with E-state index in [1.807, 2.05) is 6.92 Å². The Balaban J connectivity index is 4.37. The highest BCUT2D eigenvalue weighted by Gasteiger charge is 2.00. The average molecular weight is 156 g/mol. The van der Waals surface area contributed by atoms with E-state index in [2.05, 4.69) is 10.2 Å². The van der Waals surface area contributed by atoms with Gasteiger partial charge in [-0.2, -0.15) is 0 Å². The fourth-order valence-corrected chi connectivity index (χ4v) is 0.508. The summed E-state index contributed by atoms with van der Waals surface area (Å²) in [6, 6.07) is 0. The summed E-state index contributed by atoms with van der Waals surface area (Å²) in [5.74, 6) is -0.255. The van der Waals surface area contributed by atoms with Gasteiger partial charge in [-0.3, -0.25) is 4.79 Å². The summed E-state index contributed by atoms with van der Waals surface area (Å²) in [4.78, 5) is 10.7. The zero-order chi connectivity index (χ0) is 8.85. The smallest absolute Gasteiger partial charge is 0.211 e. The Morgan fingerprint density at radius 2 is 1.91 bits per heavy atom. The van der Waals surface area contributed by atoms with E-state index >= 15 is 0 Å². The maximum absolute atomic E-state index is 10.7. The third-order valence-corrected chi connectivity index (χ3v) is 1.03. The van der Waals surface area contributed by atoms with Gasteiger partial charge in [-0.25, -0.2) is 0 Å². The minimum atomic E-state index is -0.141. The van der Waals surface area contributed by atoms with Crippen LogP contribution in [0.3, 0.4) is 0 Å². The Hall–Kier alpha value is -1.39. The van der Waals surface area contributed by atoms with Crippen LogP contribution in [0.4, 0.5) is 0 Å². The number of guanidine groups is 1. The van der Waals surface area contributed by atoms with E-state index in [4.69, 9.17) is 11.5 Å². The van der Waals surface area contributed by atoms with Crippen molar-refractivity contribution in [3.63, 3.8) is 0 Å². The summed E-state index contributed by atoms with van der Waals surface area (Å²) in [6.45, 7) is 3.23. The van der Waals surface area contributed by atoms with Crippen LogP contribution in [0.1, 0.15) is 20.3 Å². The van der Waals surface area contributed by atoms with E-state index in [0.717, 1.165) is 0 Å². The summed E-state index contributed by atoms with van der Waals surface area (Å²) in [5.41, 5.74) is 10.4. The molecule has 0 spiro atoms. The Morgan fingerprint density at radius 1 is 1.36 bits per heavy atom. The van der Waals surface area contributed by atoms with E-state index in [1.54, 1.807) is 0 Å². The van der Waals surface area contributed by atoms with E-state index < -0.39 is 0 Å². The minimum Gasteiger partial charge on any atom is -0.369 e. The maximum Gasteiger partial charge on any atom is 0.211 e. The molecule has 0 fully saturated rings. The third kappa shape index (κ3) is 4.07. The molecule has 0 aliphatic heterocycles. The molecule has 0 aliphatic carbocycles. The number of carbonyl (C=O) groups is 1. The van der Waals surface area contributed by atoms with Crippen molar-refractivity contribution in [3.8, 4) is 0 Å². The molecule has 0 radical (unpaired) electrons. The monoisotopic (exact) mass is 156 g/mol. The first-order valence-electron chi connectivity index (χ1n) is 3.24. The van der Waals surface area contributed by atoms with Gasteiger partial charge in [0.25, 0.3) is 0 Å². The van der Waals surface area contributed by atoms with Crippen molar-refractivity contribution in [1.29, 1.82) is 0 Å². The highest BCUT2D eigenvalue weighted by Crippen LogP contribution is 1.88. The van der Waals surface area contributed by atoms with Crippen LogP contribution in [-0.4, -0.2) is 17.5 Å². The lowest BCUT2D eigenvalue weighted by atomic mass is 10.2. The van der Waals surface area contributed by atoms with Crippen molar-refractivity contribution in [1.82, 2.24) is 0 Å². The van der Waals surface area contributed by atoms with Crippen LogP contribution in [0.5, 0.6) is 0 Å². The molecule has 5 nitrogen and oxygen atoms in total. The second kappa shape index (κ2) is 4.43. The molecule has 0 aromatic heterocycles. The molecule has 5 heteroatoms. The first-order valence-corrected chi connectivity index (χ1v) is 3.24. The van der Waals surface area contributed by atoms with Gasteiger partial charge in [-0.05, 0) is 6.42 Å². The predicted molar refractivity (Wildman–Crippen MR) is 44.2 cm³/mol. The minimum absolute atomic E-state index is 0.113. The quantitative estimate of drug-likeness (QED) is 0.331. The molecule has 11 heavy (non-hydrogen) atoms. The van der Waals surface area contributed by atoms with Gasteiger partial charge in [0, 0.05) is 6.92 Å². The summed E-state index contributed by atoms with van der Waals surface area (Å²) in [7, 11) is 0. The van der Waals surface area contributed by atoms with Gasteiger partial charge in [0.1, 0.15) is 5.71 Å². The molecule has 4 N–H and O–H groups in total. The number of ketones is 1. The van der Waals surface area contributed by atoms with Crippen molar-refractivity contribution in [2.75, 3.05) is 0 Å². The highest BCUT2D eigenvalue weighted by atomic mass is 16.1. The van der Waals surface area contributed by atoms with Gasteiger partial charge in [-0.15, -0.1) is 10.2 Å². The Bertz CT molecular complexity index is 203. The summed E-state index contributed by atoms with van der Waals surface area (Å²) >= 11 is 0. The lowest BCUT2D eigenvalue weighted by molar-refractivity contribution is -0.111. The first kappa shape index (κ1) is 9.61. The van der Waals surface area contributed by atoms with E-state index in [1.165, 1.54) is 6.92 Å². The van der Waals surface area contributed by atoms with Crippen molar-refractivity contribution in [2.24, 2.45) is 21.7 Å². The number of nitrogens with zero attached hydrogens (tertiary/aromatic N) is 2. The number of hydrogen-bond acceptors (Lipinski definition) is 3. The molecule has 0 rings (SSSR count). The zero-order valence-corrected chi connectivity index (χ0v) is 6.66. The van der Waals surface area contributed by atoms with Crippen LogP contribution in [0.2, 0.25) is 0 Å². The van der Waals surface area contributed by atoms with Crippen molar-refractivity contribution < 1.29 is 4.79 Å². The maximum atomic E-state index is 10.7. The van der Waals surface area contributed by atoms with Crippen molar-refractivity contribution in [3.05, 3.63) is 0 Å². The van der Waals surface area contributed by atoms with Crippen LogP contribution < -0.4 is 11.5 Å². The number of nitrogens with two attached hydrogens (primary N) is 2. The van der Waals surface area contributed by atoms with Gasteiger partial charge < -0.3 is 11.5 Å². The zero-order valence-electron chi connectivity index (χ0n) is 6.66. The summed E-state index contributed by atoms with van der Waals surface area (Å²) in [6.07, 6.45) is 0.534. The molecule has 0 aliphatic rings. The second-order valence-electron chi connectivity index (χ2n) is 1.98. The van der Waals surface area contributed by atoms with Crippen LogP contribution in [-0.2, 0) is 4.79 Å². The van der Waals surface area contributed by atoms with Crippen LogP contribution >= 0.6 is 0 Å². The highest BCUT2D eigenvalue weighted by molar-refractivity contribution is 6.38. The predicted octanol–water partition coefficient (Wildman–Crippen LogP) is -0.385. The molecule has 62 valence electrons. The third-order valence-electron chi connectivity index (χ3n) is 1.03. The fraction of sp³-hybridized carbons (Fsp3) is 0.500. The summed E-state index contributed by atoms with van der Waals surface area (Å²) < 4.78 is 0. The SMILES string of the molecule is CC/C(=N\N=C(N)N)C(C)=O. The van der Waals surface area contributed by atoms with Gasteiger partial charge in [-0.1, -0.05) is 6.92 Å². The Kier molecular flexibility index (Phi) is 3.87. The van der Waals surface area contributed by atoms with E-state index in [9.17, 15) is 4.79 Å². The van der Waals surface area contributed by atoms with Crippen LogP contribution in [0.15, 0.2) is 10.2 Å². The van der Waals surface area contributed by atoms with Crippen LogP contribution in [0, 0.1) is 0 Å². The standard InChI is InChI=1S/C6H12N4O/c1-3-5(4(2)11)9-10-6(7)8/h3H2,1-2H3,(H4,7,8,10)/b9-5+. The molecule has 0 aromatic carbocycles. The van der Waals surface area contributed by atoms with E-state index in [0.29, 0.717) is 12.1 Å². The largest absolute Gasteiger partial charge is 0.369 e. The molecule has 0 saturated heterocycles. The lowest BCUT2D eigenvalue weighted by Gasteiger charge is -1.92. The van der Waals surface area contributed by atoms with Gasteiger partial charge in [0.15, 0.2) is 5.78 Å². The van der Waals surface area contributed by atoms with Crippen LogP contribution in [0.25, 0.3) is 0 Å². The van der Waals surface area contributed by atoms with Gasteiger partial charge in [0.2, 0.25) is 5.96 Å². The topological polar surface area (TPSA) is 93.8 Å². The lowest BCUT2D eigenvalue weighted by Crippen LogP contribution is -2.22. The number of hydrogen-bond donors (Lipinski definition) is 2. The second-order valence-corrected chi connectivity index (χ2v) is 1.98. The van der Waals surface area contributed by atoms with Gasteiger partial charge >= 0.3 is 0 Å². The molecule has 0 bridgehead atoms. The normalized spacial score (nSPS) is 10.9.